The van der Waals surface area contributed by atoms with Gasteiger partial charge in [0.15, 0.2) is 5.69 Å². The summed E-state index contributed by atoms with van der Waals surface area (Å²) in [5, 5.41) is 6.78. The van der Waals surface area contributed by atoms with Gasteiger partial charge in [-0.3, -0.25) is 9.59 Å². The predicted molar refractivity (Wildman–Crippen MR) is 95.6 cm³/mol. The molecule has 0 unspecified atom stereocenters. The van der Waals surface area contributed by atoms with Crippen molar-refractivity contribution in [1.82, 2.24) is 10.5 Å². The zero-order valence-electron chi connectivity index (χ0n) is 15.3. The zero-order valence-corrected chi connectivity index (χ0v) is 15.3. The third-order valence-electron chi connectivity index (χ3n) is 4.67. The molecule has 3 rings (SSSR count). The van der Waals surface area contributed by atoms with E-state index in [0.29, 0.717) is 5.56 Å². The Hall–Kier alpha value is -2.70. The molecule has 0 bridgehead atoms. The second-order valence-electron chi connectivity index (χ2n) is 6.58. The Morgan fingerprint density at radius 3 is 2.70 bits per heavy atom. The number of hydrogen-bond donors (Lipinski definition) is 1. The number of carbonyl (C=O) groups is 2. The normalized spacial score (nSPS) is 14.7. The van der Waals surface area contributed by atoms with Crippen LogP contribution in [0, 0.1) is 5.82 Å². The third kappa shape index (κ3) is 4.72. The van der Waals surface area contributed by atoms with Gasteiger partial charge in [0.1, 0.15) is 11.6 Å². The summed E-state index contributed by atoms with van der Waals surface area (Å²) in [7, 11) is 0. The number of fused-ring (bicyclic) bond motifs is 1. The van der Waals surface area contributed by atoms with E-state index in [0.717, 1.165) is 43.4 Å². The molecule has 1 aromatic heterocycles. The van der Waals surface area contributed by atoms with Gasteiger partial charge in [0, 0.05) is 12.0 Å². The summed E-state index contributed by atoms with van der Waals surface area (Å²) in [6.07, 6.45) is 4.57. The molecule has 1 amide bonds. The lowest BCUT2D eigenvalue weighted by Gasteiger charge is -2.18. The minimum Gasteiger partial charge on any atom is -0.466 e. The molecule has 0 fully saturated rings. The van der Waals surface area contributed by atoms with Crippen LogP contribution in [0.3, 0.4) is 0 Å². The molecular formula is C20H23FN2O4. The number of esters is 1. The SMILES string of the molecule is CCOC(=O)C[C@@H](NC(=O)c1noc2c1CCCCC2)c1ccc(F)cc1. The molecule has 1 heterocycles. The molecule has 144 valence electrons. The number of rotatable bonds is 6. The van der Waals surface area contributed by atoms with E-state index in [1.165, 1.54) is 12.1 Å². The first-order chi connectivity index (χ1) is 13.1. The van der Waals surface area contributed by atoms with Crippen LogP contribution in [-0.4, -0.2) is 23.6 Å². The summed E-state index contributed by atoms with van der Waals surface area (Å²) in [6, 6.07) is 5.03. The third-order valence-corrected chi connectivity index (χ3v) is 4.67. The molecule has 0 saturated heterocycles. The number of benzene rings is 1. The van der Waals surface area contributed by atoms with E-state index in [1.807, 2.05) is 0 Å². The van der Waals surface area contributed by atoms with E-state index in [1.54, 1.807) is 19.1 Å². The summed E-state index contributed by atoms with van der Waals surface area (Å²) in [5.41, 5.74) is 1.73. The van der Waals surface area contributed by atoms with Gasteiger partial charge < -0.3 is 14.6 Å². The monoisotopic (exact) mass is 374 g/mol. The highest BCUT2D eigenvalue weighted by atomic mass is 19.1. The number of halogens is 1. The highest BCUT2D eigenvalue weighted by molar-refractivity contribution is 5.94. The summed E-state index contributed by atoms with van der Waals surface area (Å²) in [6.45, 7) is 1.97. The van der Waals surface area contributed by atoms with Crippen molar-refractivity contribution in [1.29, 1.82) is 0 Å². The minimum atomic E-state index is -0.643. The summed E-state index contributed by atoms with van der Waals surface area (Å²) < 4.78 is 23.6. The van der Waals surface area contributed by atoms with E-state index < -0.39 is 17.9 Å². The van der Waals surface area contributed by atoms with Gasteiger partial charge in [-0.25, -0.2) is 4.39 Å². The van der Waals surface area contributed by atoms with Gasteiger partial charge in [0.2, 0.25) is 0 Å². The zero-order chi connectivity index (χ0) is 19.2. The molecule has 1 aliphatic rings. The van der Waals surface area contributed by atoms with Gasteiger partial charge in [-0.05, 0) is 43.9 Å². The van der Waals surface area contributed by atoms with Gasteiger partial charge in [0.05, 0.1) is 19.1 Å². The molecule has 0 saturated carbocycles. The van der Waals surface area contributed by atoms with Crippen LogP contribution in [0.25, 0.3) is 0 Å². The Labute approximate surface area is 157 Å². The van der Waals surface area contributed by atoms with Crippen molar-refractivity contribution in [2.45, 2.75) is 51.5 Å². The van der Waals surface area contributed by atoms with Gasteiger partial charge in [-0.2, -0.15) is 0 Å². The van der Waals surface area contributed by atoms with Crippen molar-refractivity contribution in [3.05, 3.63) is 52.7 Å². The van der Waals surface area contributed by atoms with Crippen LogP contribution in [0.5, 0.6) is 0 Å². The van der Waals surface area contributed by atoms with Crippen molar-refractivity contribution in [3.8, 4) is 0 Å². The molecule has 7 heteroatoms. The number of aryl methyl sites for hydroxylation is 1. The highest BCUT2D eigenvalue weighted by Gasteiger charge is 2.26. The number of hydrogen-bond acceptors (Lipinski definition) is 5. The summed E-state index contributed by atoms with van der Waals surface area (Å²) in [4.78, 5) is 24.8. The molecule has 0 radical (unpaired) electrons. The molecule has 1 aliphatic carbocycles. The molecule has 1 atom stereocenters. The van der Waals surface area contributed by atoms with E-state index in [2.05, 4.69) is 10.5 Å². The quantitative estimate of drug-likeness (QED) is 0.618. The van der Waals surface area contributed by atoms with E-state index in [4.69, 9.17) is 9.26 Å². The fraction of sp³-hybridized carbons (Fsp3) is 0.450. The van der Waals surface area contributed by atoms with Crippen LogP contribution < -0.4 is 5.32 Å². The van der Waals surface area contributed by atoms with Crippen molar-refractivity contribution in [2.75, 3.05) is 6.61 Å². The van der Waals surface area contributed by atoms with Crippen LogP contribution >= 0.6 is 0 Å². The topological polar surface area (TPSA) is 81.4 Å². The molecule has 0 aliphatic heterocycles. The Balaban J connectivity index is 1.80. The van der Waals surface area contributed by atoms with Gasteiger partial charge in [-0.15, -0.1) is 0 Å². The molecule has 6 nitrogen and oxygen atoms in total. The maximum Gasteiger partial charge on any atom is 0.308 e. The van der Waals surface area contributed by atoms with Crippen molar-refractivity contribution in [2.24, 2.45) is 0 Å². The van der Waals surface area contributed by atoms with Gasteiger partial charge in [-0.1, -0.05) is 23.7 Å². The van der Waals surface area contributed by atoms with Crippen LogP contribution in [0.1, 0.15) is 66.0 Å². The predicted octanol–water partition coefficient (Wildman–Crippen LogP) is 3.51. The van der Waals surface area contributed by atoms with Gasteiger partial charge in [0.25, 0.3) is 5.91 Å². The number of nitrogens with one attached hydrogen (secondary N) is 1. The second-order valence-corrected chi connectivity index (χ2v) is 6.58. The van der Waals surface area contributed by atoms with Crippen molar-refractivity contribution >= 4 is 11.9 Å². The molecule has 1 aromatic carbocycles. The Bertz CT molecular complexity index is 801. The number of ether oxygens (including phenoxy) is 1. The Morgan fingerprint density at radius 1 is 1.22 bits per heavy atom. The standard InChI is InChI=1S/C20H23FN2O4/c1-2-26-18(24)12-16(13-8-10-14(21)11-9-13)22-20(25)19-15-6-4-3-5-7-17(15)27-23-19/h8-11,16H,2-7,12H2,1H3,(H,22,25)/t16-/m1/s1. The molecular weight excluding hydrogens is 351 g/mol. The molecule has 27 heavy (non-hydrogen) atoms. The number of amides is 1. The average Bonchev–Trinajstić information content (AvgIpc) is 2.91. The Kier molecular flexibility index (Phi) is 6.21. The smallest absolute Gasteiger partial charge is 0.308 e. The lowest BCUT2D eigenvalue weighted by molar-refractivity contribution is -0.143. The van der Waals surface area contributed by atoms with Crippen LogP contribution in [0.2, 0.25) is 0 Å². The fourth-order valence-corrected chi connectivity index (χ4v) is 3.30. The minimum absolute atomic E-state index is 0.0503. The lowest BCUT2D eigenvalue weighted by Crippen LogP contribution is -2.31. The second kappa shape index (κ2) is 8.79. The number of nitrogens with zero attached hydrogens (tertiary/aromatic N) is 1. The van der Waals surface area contributed by atoms with Crippen molar-refractivity contribution in [3.63, 3.8) is 0 Å². The first kappa shape index (κ1) is 19.1. The van der Waals surface area contributed by atoms with Crippen LogP contribution in [-0.2, 0) is 22.4 Å². The lowest BCUT2D eigenvalue weighted by atomic mass is 10.0. The first-order valence-corrected chi connectivity index (χ1v) is 9.28. The average molecular weight is 374 g/mol. The largest absolute Gasteiger partial charge is 0.466 e. The molecule has 1 N–H and O–H groups in total. The number of carbonyl (C=O) groups excluding carboxylic acids is 2. The highest BCUT2D eigenvalue weighted by Crippen LogP contribution is 2.25. The van der Waals surface area contributed by atoms with E-state index in [-0.39, 0.29) is 24.5 Å². The fourth-order valence-electron chi connectivity index (χ4n) is 3.30. The maximum atomic E-state index is 13.2. The Morgan fingerprint density at radius 2 is 1.96 bits per heavy atom. The number of aromatic nitrogens is 1. The summed E-state index contributed by atoms with van der Waals surface area (Å²) in [5.74, 6) is -0.463. The molecule has 2 aromatic rings. The van der Waals surface area contributed by atoms with Crippen LogP contribution in [0.15, 0.2) is 28.8 Å². The molecule has 0 spiro atoms. The first-order valence-electron chi connectivity index (χ1n) is 9.28. The van der Waals surface area contributed by atoms with E-state index in [9.17, 15) is 14.0 Å². The summed E-state index contributed by atoms with van der Waals surface area (Å²) >= 11 is 0. The maximum absolute atomic E-state index is 13.2. The van der Waals surface area contributed by atoms with Gasteiger partial charge >= 0.3 is 5.97 Å². The van der Waals surface area contributed by atoms with Crippen molar-refractivity contribution < 1.29 is 23.2 Å². The van der Waals surface area contributed by atoms with Crippen LogP contribution in [0.4, 0.5) is 4.39 Å². The van der Waals surface area contributed by atoms with E-state index >= 15 is 0 Å².